The Morgan fingerprint density at radius 2 is 1.11 bits per heavy atom. The summed E-state index contributed by atoms with van der Waals surface area (Å²) in [5.41, 5.74) is 14.1. The molecule has 2 aromatic heterocycles. The Hall–Kier alpha value is -6.94. The van der Waals surface area contributed by atoms with Crippen LogP contribution < -0.4 is 4.90 Å². The topological polar surface area (TPSA) is 16.4 Å². The Bertz CT molecular complexity index is 2930. The molecule has 0 spiro atoms. The molecule has 2 heterocycles. The normalized spacial score (nSPS) is 11.7. The van der Waals surface area contributed by atoms with Crippen molar-refractivity contribution in [3.8, 4) is 22.3 Å². The SMILES string of the molecule is C=C(c1ccc(N(c2ccc(-c3cccc4c3oc3ccccc34)cc2)c2ccc(-c3cccc4c3sc3ccccc34)cc2)cc1)c1ccccc1/C=C\C. The molecule has 0 saturated heterocycles. The first-order valence-corrected chi connectivity index (χ1v) is 19.8. The van der Waals surface area contributed by atoms with Crippen LogP contribution in [-0.4, -0.2) is 0 Å². The summed E-state index contributed by atoms with van der Waals surface area (Å²) in [7, 11) is 0. The van der Waals surface area contributed by atoms with Gasteiger partial charge in [-0.2, -0.15) is 0 Å². The van der Waals surface area contributed by atoms with Crippen LogP contribution in [0.15, 0.2) is 199 Å². The first kappa shape index (κ1) is 33.6. The average Bonchev–Trinajstić information content (AvgIpc) is 3.84. The van der Waals surface area contributed by atoms with Crippen molar-refractivity contribution in [1.29, 1.82) is 0 Å². The Kier molecular flexibility index (Phi) is 8.43. The average molecular weight is 736 g/mol. The lowest BCUT2D eigenvalue weighted by Crippen LogP contribution is -2.10. The quantitative estimate of drug-likeness (QED) is 0.154. The van der Waals surface area contributed by atoms with Gasteiger partial charge in [-0.1, -0.05) is 152 Å². The Balaban J connectivity index is 1.05. The van der Waals surface area contributed by atoms with Gasteiger partial charge < -0.3 is 9.32 Å². The van der Waals surface area contributed by atoms with Crippen molar-refractivity contribution < 1.29 is 4.42 Å². The highest BCUT2D eigenvalue weighted by Crippen LogP contribution is 2.43. The zero-order valence-corrected chi connectivity index (χ0v) is 31.8. The van der Waals surface area contributed by atoms with Crippen molar-refractivity contribution in [2.24, 2.45) is 0 Å². The summed E-state index contributed by atoms with van der Waals surface area (Å²) in [5.74, 6) is 0. The highest BCUT2D eigenvalue weighted by atomic mass is 32.1. The van der Waals surface area contributed by atoms with E-state index in [0.717, 1.165) is 72.4 Å². The zero-order chi connectivity index (χ0) is 37.6. The summed E-state index contributed by atoms with van der Waals surface area (Å²) in [6.07, 6.45) is 4.21. The van der Waals surface area contributed by atoms with E-state index in [1.807, 2.05) is 30.4 Å². The number of benzene rings is 8. The molecule has 10 aromatic rings. The fraction of sp³-hybridized carbons (Fsp3) is 0.0189. The number of rotatable bonds is 8. The van der Waals surface area contributed by atoms with Crippen LogP contribution >= 0.6 is 11.3 Å². The van der Waals surface area contributed by atoms with Gasteiger partial charge >= 0.3 is 0 Å². The largest absolute Gasteiger partial charge is 0.455 e. The number of nitrogens with zero attached hydrogens (tertiary/aromatic N) is 1. The van der Waals surface area contributed by atoms with Crippen LogP contribution in [0.4, 0.5) is 17.1 Å². The molecule has 56 heavy (non-hydrogen) atoms. The standard InChI is InChI=1S/C53H37NOS/c1-3-12-37-13-4-5-14-43(37)35(2)36-23-29-40(30-24-36)54(41-31-25-38(26-32-41)44-17-10-19-48-46-15-6-8-21-50(46)55-52(44)48)42-33-27-39(28-34-42)45-18-11-20-49-47-16-7-9-22-51(47)56-53(45)49/h3-34H,2H2,1H3/b12-3-. The molecule has 0 radical (unpaired) electrons. The third-order valence-corrected chi connectivity index (χ3v) is 12.0. The molecule has 0 unspecified atom stereocenters. The second-order valence-electron chi connectivity index (χ2n) is 14.1. The van der Waals surface area contributed by atoms with E-state index in [-0.39, 0.29) is 0 Å². The summed E-state index contributed by atoms with van der Waals surface area (Å²) < 4.78 is 9.04. The first-order chi connectivity index (χ1) is 27.6. The summed E-state index contributed by atoms with van der Waals surface area (Å²) in [6.45, 7) is 6.57. The van der Waals surface area contributed by atoms with E-state index >= 15 is 0 Å². The Labute approximate surface area is 330 Å². The highest BCUT2D eigenvalue weighted by molar-refractivity contribution is 7.26. The molecule has 0 aliphatic carbocycles. The second-order valence-corrected chi connectivity index (χ2v) is 15.2. The molecule has 266 valence electrons. The first-order valence-electron chi connectivity index (χ1n) is 19.0. The number of hydrogen-bond acceptors (Lipinski definition) is 3. The molecular weight excluding hydrogens is 699 g/mol. The summed E-state index contributed by atoms with van der Waals surface area (Å²) in [6, 6.07) is 65.0. The van der Waals surface area contributed by atoms with E-state index in [0.29, 0.717) is 0 Å². The number of hydrogen-bond donors (Lipinski definition) is 0. The van der Waals surface area contributed by atoms with Crippen LogP contribution in [0.3, 0.4) is 0 Å². The minimum atomic E-state index is 0.904. The zero-order valence-electron chi connectivity index (χ0n) is 30.9. The lowest BCUT2D eigenvalue weighted by atomic mass is 9.94. The highest BCUT2D eigenvalue weighted by Gasteiger charge is 2.17. The van der Waals surface area contributed by atoms with E-state index in [9.17, 15) is 0 Å². The van der Waals surface area contributed by atoms with E-state index in [1.54, 1.807) is 0 Å². The van der Waals surface area contributed by atoms with E-state index in [4.69, 9.17) is 4.42 Å². The predicted molar refractivity (Wildman–Crippen MR) is 241 cm³/mol. The molecule has 0 bridgehead atoms. The Morgan fingerprint density at radius 1 is 0.536 bits per heavy atom. The predicted octanol–water partition coefficient (Wildman–Crippen LogP) is 15.9. The smallest absolute Gasteiger partial charge is 0.143 e. The van der Waals surface area contributed by atoms with Gasteiger partial charge in [0.1, 0.15) is 11.2 Å². The molecular formula is C53H37NOS. The van der Waals surface area contributed by atoms with Crippen LogP contribution in [0.1, 0.15) is 23.6 Å². The number of para-hydroxylation sites is 2. The minimum absolute atomic E-state index is 0.904. The molecule has 0 aliphatic heterocycles. The monoisotopic (exact) mass is 735 g/mol. The van der Waals surface area contributed by atoms with E-state index < -0.39 is 0 Å². The molecule has 10 rings (SSSR count). The maximum Gasteiger partial charge on any atom is 0.143 e. The lowest BCUT2D eigenvalue weighted by Gasteiger charge is -2.26. The summed E-state index contributed by atoms with van der Waals surface area (Å²) in [5, 5.41) is 4.89. The van der Waals surface area contributed by atoms with Crippen molar-refractivity contribution in [2.45, 2.75) is 6.92 Å². The molecule has 0 amide bonds. The van der Waals surface area contributed by atoms with Gasteiger partial charge in [0.2, 0.25) is 0 Å². The van der Waals surface area contributed by atoms with Gasteiger partial charge in [0.05, 0.1) is 0 Å². The van der Waals surface area contributed by atoms with Gasteiger partial charge in [-0.25, -0.2) is 0 Å². The molecule has 0 saturated carbocycles. The molecule has 0 aliphatic rings. The van der Waals surface area contributed by atoms with Crippen molar-refractivity contribution in [1.82, 2.24) is 0 Å². The van der Waals surface area contributed by atoms with E-state index in [1.165, 1.54) is 31.3 Å². The number of fused-ring (bicyclic) bond motifs is 6. The summed E-state index contributed by atoms with van der Waals surface area (Å²) in [4.78, 5) is 2.33. The fourth-order valence-electron chi connectivity index (χ4n) is 8.04. The van der Waals surface area contributed by atoms with Gasteiger partial charge in [-0.3, -0.25) is 0 Å². The third kappa shape index (κ3) is 5.81. The van der Waals surface area contributed by atoms with Crippen LogP contribution in [-0.2, 0) is 0 Å². The fourth-order valence-corrected chi connectivity index (χ4v) is 9.28. The number of anilines is 3. The maximum atomic E-state index is 6.41. The number of allylic oxidation sites excluding steroid dienone is 1. The third-order valence-electron chi connectivity index (χ3n) is 10.8. The van der Waals surface area contributed by atoms with Gasteiger partial charge in [0, 0.05) is 53.6 Å². The van der Waals surface area contributed by atoms with Gasteiger partial charge in [-0.05, 0) is 94.4 Å². The van der Waals surface area contributed by atoms with E-state index in [2.05, 4.69) is 193 Å². The molecule has 3 heteroatoms. The molecule has 0 atom stereocenters. The van der Waals surface area contributed by atoms with Gasteiger partial charge in [0.25, 0.3) is 0 Å². The van der Waals surface area contributed by atoms with Crippen LogP contribution in [0.2, 0.25) is 0 Å². The van der Waals surface area contributed by atoms with Gasteiger partial charge in [0.15, 0.2) is 0 Å². The van der Waals surface area contributed by atoms with Gasteiger partial charge in [-0.15, -0.1) is 11.3 Å². The molecule has 8 aromatic carbocycles. The second kappa shape index (κ2) is 14.0. The van der Waals surface area contributed by atoms with Crippen LogP contribution in [0.5, 0.6) is 0 Å². The summed E-state index contributed by atoms with van der Waals surface area (Å²) >= 11 is 1.87. The lowest BCUT2D eigenvalue weighted by molar-refractivity contribution is 0.670. The van der Waals surface area contributed by atoms with Crippen molar-refractivity contribution in [3.63, 3.8) is 0 Å². The molecule has 0 fully saturated rings. The molecule has 0 N–H and O–H groups in total. The van der Waals surface area contributed by atoms with Crippen LogP contribution in [0.25, 0.3) is 76.0 Å². The number of thiophene rings is 1. The maximum absolute atomic E-state index is 6.41. The van der Waals surface area contributed by atoms with Crippen LogP contribution in [0, 0.1) is 0 Å². The van der Waals surface area contributed by atoms with Crippen molar-refractivity contribution >= 4 is 82.2 Å². The van der Waals surface area contributed by atoms with Crippen molar-refractivity contribution in [2.75, 3.05) is 4.90 Å². The Morgan fingerprint density at radius 3 is 1.84 bits per heavy atom. The minimum Gasteiger partial charge on any atom is -0.455 e. The molecule has 2 nitrogen and oxygen atoms in total. The van der Waals surface area contributed by atoms with Crippen molar-refractivity contribution in [3.05, 3.63) is 211 Å². The number of furan rings is 1.